The Bertz CT molecular complexity index is 399. The molecule has 0 aromatic carbocycles. The lowest BCUT2D eigenvalue weighted by Gasteiger charge is -2.23. The van der Waals surface area contributed by atoms with Crippen LogP contribution in [-0.2, 0) is 16.9 Å². The molecule has 0 aliphatic carbocycles. The average molecular weight is 277 g/mol. The molecule has 0 saturated carbocycles. The van der Waals surface area contributed by atoms with Crippen molar-refractivity contribution in [2.45, 2.75) is 30.7 Å². The predicted molar refractivity (Wildman–Crippen MR) is 69.5 cm³/mol. The van der Waals surface area contributed by atoms with Crippen LogP contribution in [0, 0.1) is 0 Å². The van der Waals surface area contributed by atoms with Gasteiger partial charge in [-0.2, -0.15) is 16.9 Å². The lowest BCUT2D eigenvalue weighted by Crippen LogP contribution is -2.30. The SMILES string of the molecule is COCCn1ncc(Cl)c1C1(O)CSC(C)C1. The molecule has 6 heteroatoms. The van der Waals surface area contributed by atoms with Crippen molar-refractivity contribution in [3.63, 3.8) is 0 Å². The number of hydrogen-bond acceptors (Lipinski definition) is 4. The van der Waals surface area contributed by atoms with E-state index in [-0.39, 0.29) is 0 Å². The highest BCUT2D eigenvalue weighted by Gasteiger charge is 2.41. The molecule has 2 rings (SSSR count). The Morgan fingerprint density at radius 2 is 2.53 bits per heavy atom. The highest BCUT2D eigenvalue weighted by molar-refractivity contribution is 8.00. The molecule has 17 heavy (non-hydrogen) atoms. The first kappa shape index (κ1) is 13.2. The molecule has 1 aliphatic rings. The van der Waals surface area contributed by atoms with Crippen LogP contribution in [-0.4, -0.2) is 39.6 Å². The maximum atomic E-state index is 10.7. The molecule has 1 aliphatic heterocycles. The summed E-state index contributed by atoms with van der Waals surface area (Å²) in [6.45, 7) is 3.29. The third-order valence-corrected chi connectivity index (χ3v) is 4.63. The fourth-order valence-corrected chi connectivity index (χ4v) is 3.74. The number of hydrogen-bond donors (Lipinski definition) is 1. The van der Waals surface area contributed by atoms with Crippen LogP contribution < -0.4 is 0 Å². The minimum absolute atomic E-state index is 0.446. The van der Waals surface area contributed by atoms with Crippen molar-refractivity contribution in [2.75, 3.05) is 19.5 Å². The molecule has 2 unspecified atom stereocenters. The van der Waals surface area contributed by atoms with Gasteiger partial charge in [0.2, 0.25) is 0 Å². The van der Waals surface area contributed by atoms with Crippen molar-refractivity contribution >= 4 is 23.4 Å². The molecule has 1 fully saturated rings. The van der Waals surface area contributed by atoms with E-state index in [9.17, 15) is 5.11 Å². The Labute approximate surface area is 110 Å². The first-order chi connectivity index (χ1) is 8.07. The van der Waals surface area contributed by atoms with Crippen molar-refractivity contribution in [1.82, 2.24) is 9.78 Å². The number of halogens is 1. The number of methoxy groups -OCH3 is 1. The summed E-state index contributed by atoms with van der Waals surface area (Å²) in [6.07, 6.45) is 2.31. The summed E-state index contributed by atoms with van der Waals surface area (Å²) in [5, 5.41) is 15.9. The minimum Gasteiger partial charge on any atom is -0.383 e. The first-order valence-corrected chi connectivity index (χ1v) is 7.04. The molecule has 1 aromatic heterocycles. The van der Waals surface area contributed by atoms with E-state index in [1.54, 1.807) is 29.8 Å². The van der Waals surface area contributed by atoms with Crippen molar-refractivity contribution < 1.29 is 9.84 Å². The molecule has 0 amide bonds. The van der Waals surface area contributed by atoms with Gasteiger partial charge in [-0.05, 0) is 6.42 Å². The van der Waals surface area contributed by atoms with Crippen molar-refractivity contribution in [3.8, 4) is 0 Å². The smallest absolute Gasteiger partial charge is 0.118 e. The Morgan fingerprint density at radius 1 is 1.76 bits per heavy atom. The molecule has 0 spiro atoms. The molecule has 96 valence electrons. The van der Waals surface area contributed by atoms with Crippen LogP contribution in [0.15, 0.2) is 6.20 Å². The zero-order valence-electron chi connectivity index (χ0n) is 10.0. The van der Waals surface area contributed by atoms with Gasteiger partial charge in [-0.15, -0.1) is 0 Å². The van der Waals surface area contributed by atoms with Crippen LogP contribution >= 0.6 is 23.4 Å². The van der Waals surface area contributed by atoms with Gasteiger partial charge in [0.05, 0.1) is 30.1 Å². The van der Waals surface area contributed by atoms with Gasteiger partial charge < -0.3 is 9.84 Å². The van der Waals surface area contributed by atoms with Gasteiger partial charge in [0.15, 0.2) is 0 Å². The first-order valence-electron chi connectivity index (χ1n) is 5.61. The molecular weight excluding hydrogens is 260 g/mol. The van der Waals surface area contributed by atoms with Crippen molar-refractivity contribution in [1.29, 1.82) is 0 Å². The average Bonchev–Trinajstić information content (AvgIpc) is 2.80. The normalized spacial score (nSPS) is 28.8. The van der Waals surface area contributed by atoms with Crippen LogP contribution in [0.3, 0.4) is 0 Å². The van der Waals surface area contributed by atoms with Gasteiger partial charge in [0.25, 0.3) is 0 Å². The van der Waals surface area contributed by atoms with E-state index in [0.29, 0.717) is 29.2 Å². The summed E-state index contributed by atoms with van der Waals surface area (Å²) < 4.78 is 6.79. The summed E-state index contributed by atoms with van der Waals surface area (Å²) in [7, 11) is 1.65. The minimum atomic E-state index is -0.856. The number of nitrogens with zero attached hydrogens (tertiary/aromatic N) is 2. The molecule has 4 nitrogen and oxygen atoms in total. The van der Waals surface area contributed by atoms with Crippen LogP contribution in [0.25, 0.3) is 0 Å². The summed E-state index contributed by atoms with van der Waals surface area (Å²) in [5.41, 5.74) is -0.126. The maximum Gasteiger partial charge on any atom is 0.118 e. The number of thioether (sulfide) groups is 1. The summed E-state index contributed by atoms with van der Waals surface area (Å²) in [4.78, 5) is 0. The summed E-state index contributed by atoms with van der Waals surface area (Å²) in [5.74, 6) is 0.673. The standard InChI is InChI=1S/C11H17ClN2O2S/c1-8-5-11(15,7-17-8)10-9(12)6-13-14(10)3-4-16-2/h6,8,15H,3-5,7H2,1-2H3. The van der Waals surface area contributed by atoms with Crippen molar-refractivity contribution in [3.05, 3.63) is 16.9 Å². The number of rotatable bonds is 4. The maximum absolute atomic E-state index is 10.7. The number of ether oxygens (including phenoxy) is 1. The van der Waals surface area contributed by atoms with E-state index < -0.39 is 5.60 Å². The number of aromatic nitrogens is 2. The zero-order valence-corrected chi connectivity index (χ0v) is 11.6. The van der Waals surface area contributed by atoms with Gasteiger partial charge in [-0.1, -0.05) is 18.5 Å². The van der Waals surface area contributed by atoms with Gasteiger partial charge in [-0.3, -0.25) is 4.68 Å². The van der Waals surface area contributed by atoms with Crippen LogP contribution in [0.2, 0.25) is 5.02 Å². The second-order valence-corrected chi connectivity index (χ2v) is 6.25. The monoisotopic (exact) mass is 276 g/mol. The molecular formula is C11H17ClN2O2S. The molecule has 2 atom stereocenters. The largest absolute Gasteiger partial charge is 0.383 e. The van der Waals surface area contributed by atoms with E-state index in [2.05, 4.69) is 12.0 Å². The summed E-state index contributed by atoms with van der Waals surface area (Å²) >= 11 is 7.91. The number of aliphatic hydroxyl groups is 1. The third kappa shape index (κ3) is 2.62. The van der Waals surface area contributed by atoms with Crippen molar-refractivity contribution in [2.24, 2.45) is 0 Å². The Kier molecular flexibility index (Phi) is 4.02. The van der Waals surface area contributed by atoms with E-state index in [4.69, 9.17) is 16.3 Å². The fourth-order valence-electron chi connectivity index (χ4n) is 2.21. The summed E-state index contributed by atoms with van der Waals surface area (Å²) in [6, 6.07) is 0. The van der Waals surface area contributed by atoms with E-state index in [1.165, 1.54) is 0 Å². The van der Waals surface area contributed by atoms with Gasteiger partial charge in [0.1, 0.15) is 5.60 Å². The fraction of sp³-hybridized carbons (Fsp3) is 0.727. The molecule has 0 bridgehead atoms. The van der Waals surface area contributed by atoms with Crippen LogP contribution in [0.5, 0.6) is 0 Å². The second-order valence-electron chi connectivity index (χ2n) is 4.41. The molecule has 1 N–H and O–H groups in total. The van der Waals surface area contributed by atoms with Crippen LogP contribution in [0.1, 0.15) is 19.0 Å². The lowest BCUT2D eigenvalue weighted by atomic mass is 9.96. The molecule has 1 aromatic rings. The van der Waals surface area contributed by atoms with E-state index in [0.717, 1.165) is 12.1 Å². The zero-order chi connectivity index (χ0) is 12.5. The van der Waals surface area contributed by atoms with Gasteiger partial charge >= 0.3 is 0 Å². The van der Waals surface area contributed by atoms with Gasteiger partial charge in [0, 0.05) is 18.1 Å². The lowest BCUT2D eigenvalue weighted by molar-refractivity contribution is 0.0497. The van der Waals surface area contributed by atoms with E-state index >= 15 is 0 Å². The molecule has 1 saturated heterocycles. The molecule has 2 heterocycles. The highest BCUT2D eigenvalue weighted by atomic mass is 35.5. The topological polar surface area (TPSA) is 47.3 Å². The van der Waals surface area contributed by atoms with Gasteiger partial charge in [-0.25, -0.2) is 0 Å². The Balaban J connectivity index is 2.27. The van der Waals surface area contributed by atoms with E-state index in [1.807, 2.05) is 0 Å². The quantitative estimate of drug-likeness (QED) is 0.912. The highest BCUT2D eigenvalue weighted by Crippen LogP contribution is 2.43. The second kappa shape index (κ2) is 5.18. The Morgan fingerprint density at radius 3 is 3.12 bits per heavy atom. The predicted octanol–water partition coefficient (Wildman–Crippen LogP) is 1.90. The van der Waals surface area contributed by atoms with Crippen LogP contribution in [0.4, 0.5) is 0 Å². The Hall–Kier alpha value is -0.230. The third-order valence-electron chi connectivity index (χ3n) is 2.97. The molecule has 0 radical (unpaired) electrons.